The molecule has 2 atom stereocenters. The highest BCUT2D eigenvalue weighted by atomic mass is 16.5. The van der Waals surface area contributed by atoms with Gasteiger partial charge in [-0.25, -0.2) is 0 Å². The first-order valence-corrected chi connectivity index (χ1v) is 8.19. The van der Waals surface area contributed by atoms with Crippen LogP contribution in [0.25, 0.3) is 0 Å². The van der Waals surface area contributed by atoms with Gasteiger partial charge in [-0.15, -0.1) is 0 Å². The van der Waals surface area contributed by atoms with Gasteiger partial charge in [-0.05, 0) is 38.3 Å². The van der Waals surface area contributed by atoms with Crippen molar-refractivity contribution < 1.29 is 18.7 Å². The van der Waals surface area contributed by atoms with Crippen molar-refractivity contribution in [3.63, 3.8) is 0 Å². The fraction of sp³-hybridized carbons (Fsp3) is 0.706. The first kappa shape index (κ1) is 15.6. The first-order valence-electron chi connectivity index (χ1n) is 8.19. The Bertz CT molecular complexity index is 518. The lowest BCUT2D eigenvalue weighted by molar-refractivity contribution is -0.127. The van der Waals surface area contributed by atoms with E-state index in [4.69, 9.17) is 13.9 Å². The van der Waals surface area contributed by atoms with Gasteiger partial charge in [0.2, 0.25) is 0 Å². The number of carbonyl (C=O) groups is 1. The SMILES string of the molecule is CCO[C@H]1C[C@@H](NC(=O)c2ccc(COC)o2)C12CCCC2. The number of ether oxygens (including phenoxy) is 2. The maximum absolute atomic E-state index is 12.4. The summed E-state index contributed by atoms with van der Waals surface area (Å²) in [6.07, 6.45) is 5.96. The third-order valence-corrected chi connectivity index (χ3v) is 5.16. The zero-order valence-corrected chi connectivity index (χ0v) is 13.4. The second-order valence-electron chi connectivity index (χ2n) is 6.34. The summed E-state index contributed by atoms with van der Waals surface area (Å²) in [4.78, 5) is 12.4. The zero-order valence-electron chi connectivity index (χ0n) is 13.4. The van der Waals surface area contributed by atoms with Gasteiger partial charge in [-0.2, -0.15) is 0 Å². The average Bonchev–Trinajstić information content (AvgIpc) is 3.17. The van der Waals surface area contributed by atoms with Crippen LogP contribution in [0, 0.1) is 5.41 Å². The molecule has 5 nitrogen and oxygen atoms in total. The molecular weight excluding hydrogens is 282 g/mol. The van der Waals surface area contributed by atoms with Gasteiger partial charge in [-0.1, -0.05) is 12.8 Å². The van der Waals surface area contributed by atoms with Crippen LogP contribution in [-0.4, -0.2) is 31.8 Å². The average molecular weight is 307 g/mol. The zero-order chi connectivity index (χ0) is 15.6. The summed E-state index contributed by atoms with van der Waals surface area (Å²) in [5.74, 6) is 0.901. The highest BCUT2D eigenvalue weighted by Gasteiger charge is 2.57. The summed E-state index contributed by atoms with van der Waals surface area (Å²) >= 11 is 0. The van der Waals surface area contributed by atoms with Crippen molar-refractivity contribution >= 4 is 5.91 Å². The van der Waals surface area contributed by atoms with Crippen LogP contribution in [-0.2, 0) is 16.1 Å². The van der Waals surface area contributed by atoms with Crippen LogP contribution in [0.5, 0.6) is 0 Å². The molecule has 2 saturated carbocycles. The fourth-order valence-electron chi connectivity index (χ4n) is 4.04. The van der Waals surface area contributed by atoms with Crippen LogP contribution in [0.15, 0.2) is 16.5 Å². The van der Waals surface area contributed by atoms with E-state index in [0.29, 0.717) is 24.2 Å². The molecule has 0 unspecified atom stereocenters. The van der Waals surface area contributed by atoms with Gasteiger partial charge in [0.15, 0.2) is 5.76 Å². The quantitative estimate of drug-likeness (QED) is 0.878. The van der Waals surface area contributed by atoms with E-state index in [1.165, 1.54) is 12.8 Å². The van der Waals surface area contributed by atoms with Crippen molar-refractivity contribution in [3.8, 4) is 0 Å². The highest BCUT2D eigenvalue weighted by molar-refractivity contribution is 5.91. The van der Waals surface area contributed by atoms with Crippen LogP contribution in [0.3, 0.4) is 0 Å². The maximum Gasteiger partial charge on any atom is 0.287 e. The minimum absolute atomic E-state index is 0.131. The third kappa shape index (κ3) is 2.68. The molecule has 1 aromatic rings. The molecule has 122 valence electrons. The number of furan rings is 1. The van der Waals surface area contributed by atoms with E-state index in [1.54, 1.807) is 19.2 Å². The molecule has 0 bridgehead atoms. The molecule has 0 saturated heterocycles. The molecule has 2 aliphatic carbocycles. The minimum atomic E-state index is -0.131. The number of amides is 1. The Morgan fingerprint density at radius 3 is 2.86 bits per heavy atom. The molecule has 1 aromatic heterocycles. The van der Waals surface area contributed by atoms with Crippen LogP contribution < -0.4 is 5.32 Å². The fourth-order valence-corrected chi connectivity index (χ4v) is 4.04. The Morgan fingerprint density at radius 1 is 1.41 bits per heavy atom. The first-order chi connectivity index (χ1) is 10.7. The van der Waals surface area contributed by atoms with Crippen LogP contribution in [0.1, 0.15) is 55.3 Å². The van der Waals surface area contributed by atoms with E-state index >= 15 is 0 Å². The molecule has 2 fully saturated rings. The number of methoxy groups -OCH3 is 1. The Balaban J connectivity index is 1.63. The van der Waals surface area contributed by atoms with Crippen molar-refractivity contribution in [2.75, 3.05) is 13.7 Å². The Kier molecular flexibility index (Phi) is 4.54. The standard InChI is InChI=1S/C17H25NO4/c1-3-21-15-10-14(17(15)8-4-5-9-17)18-16(19)13-7-6-12(22-13)11-20-2/h6-7,14-15H,3-5,8-11H2,1-2H3,(H,18,19)/t14-,15+/m1/s1. The largest absolute Gasteiger partial charge is 0.453 e. The van der Waals surface area contributed by atoms with Gasteiger partial charge in [0.1, 0.15) is 12.4 Å². The van der Waals surface area contributed by atoms with Gasteiger partial charge in [-0.3, -0.25) is 4.79 Å². The Morgan fingerprint density at radius 2 is 2.18 bits per heavy atom. The molecule has 2 aliphatic rings. The van der Waals surface area contributed by atoms with Crippen molar-refractivity contribution in [1.82, 2.24) is 5.32 Å². The Hall–Kier alpha value is -1.33. The number of rotatable bonds is 6. The summed E-state index contributed by atoms with van der Waals surface area (Å²) < 4.78 is 16.4. The van der Waals surface area contributed by atoms with Gasteiger partial charge in [0, 0.05) is 25.2 Å². The molecule has 1 heterocycles. The monoisotopic (exact) mass is 307 g/mol. The van der Waals surface area contributed by atoms with Gasteiger partial charge in [0.25, 0.3) is 5.91 Å². The van der Waals surface area contributed by atoms with Crippen molar-refractivity contribution in [2.24, 2.45) is 5.41 Å². The van der Waals surface area contributed by atoms with Crippen molar-refractivity contribution in [3.05, 3.63) is 23.7 Å². The predicted molar refractivity (Wildman–Crippen MR) is 81.6 cm³/mol. The lowest BCUT2D eigenvalue weighted by Gasteiger charge is -2.53. The van der Waals surface area contributed by atoms with Crippen molar-refractivity contribution in [2.45, 2.75) is 57.8 Å². The number of hydrogen-bond acceptors (Lipinski definition) is 4. The summed E-state index contributed by atoms with van der Waals surface area (Å²) in [7, 11) is 1.61. The van der Waals surface area contributed by atoms with E-state index in [9.17, 15) is 4.79 Å². The third-order valence-electron chi connectivity index (χ3n) is 5.16. The van der Waals surface area contributed by atoms with E-state index in [2.05, 4.69) is 5.32 Å². The second-order valence-corrected chi connectivity index (χ2v) is 6.34. The van der Waals surface area contributed by atoms with Crippen molar-refractivity contribution in [1.29, 1.82) is 0 Å². The predicted octanol–water partition coefficient (Wildman–Crippen LogP) is 2.89. The summed E-state index contributed by atoms with van der Waals surface area (Å²) in [6.45, 7) is 3.16. The maximum atomic E-state index is 12.4. The number of nitrogens with one attached hydrogen (secondary N) is 1. The molecule has 0 radical (unpaired) electrons. The summed E-state index contributed by atoms with van der Waals surface area (Å²) in [6, 6.07) is 3.70. The minimum Gasteiger partial charge on any atom is -0.453 e. The molecule has 0 aliphatic heterocycles. The number of hydrogen-bond donors (Lipinski definition) is 1. The summed E-state index contributed by atoms with van der Waals surface area (Å²) in [5, 5.41) is 3.16. The molecule has 22 heavy (non-hydrogen) atoms. The van der Waals surface area contributed by atoms with Gasteiger partial charge in [0.05, 0.1) is 6.10 Å². The molecule has 5 heteroatoms. The van der Waals surface area contributed by atoms with Gasteiger partial charge < -0.3 is 19.2 Å². The second kappa shape index (κ2) is 6.42. The van der Waals surface area contributed by atoms with E-state index in [1.807, 2.05) is 6.92 Å². The molecule has 1 N–H and O–H groups in total. The lowest BCUT2D eigenvalue weighted by Crippen LogP contribution is -2.63. The van der Waals surface area contributed by atoms with Gasteiger partial charge >= 0.3 is 0 Å². The van der Waals surface area contributed by atoms with Crippen LogP contribution >= 0.6 is 0 Å². The van der Waals surface area contributed by atoms with E-state index < -0.39 is 0 Å². The molecule has 1 amide bonds. The Labute approximate surface area is 131 Å². The summed E-state index contributed by atoms with van der Waals surface area (Å²) in [5.41, 5.74) is 0.146. The van der Waals surface area contributed by atoms with E-state index in [0.717, 1.165) is 25.9 Å². The molecular formula is C17H25NO4. The number of carbonyl (C=O) groups excluding carboxylic acids is 1. The molecule has 1 spiro atoms. The van der Waals surface area contributed by atoms with E-state index in [-0.39, 0.29) is 17.4 Å². The highest BCUT2D eigenvalue weighted by Crippen LogP contribution is 2.54. The lowest BCUT2D eigenvalue weighted by atomic mass is 9.60. The molecule has 3 rings (SSSR count). The van der Waals surface area contributed by atoms with Crippen LogP contribution in [0.2, 0.25) is 0 Å². The topological polar surface area (TPSA) is 60.7 Å². The molecule has 0 aromatic carbocycles. The van der Waals surface area contributed by atoms with Crippen LogP contribution in [0.4, 0.5) is 0 Å². The smallest absolute Gasteiger partial charge is 0.287 e. The normalized spacial score (nSPS) is 26.1.